The molecule has 0 amide bonds. The van der Waals surface area contributed by atoms with E-state index in [4.69, 9.17) is 5.73 Å². The van der Waals surface area contributed by atoms with Crippen LogP contribution in [0.25, 0.3) is 0 Å². The summed E-state index contributed by atoms with van der Waals surface area (Å²) in [4.78, 5) is 0.217. The SMILES string of the molecule is NCc1cccc(S(=O)(=O)Nc2cccc(I)c2)c1. The molecule has 0 fully saturated rings. The normalized spacial score (nSPS) is 11.3. The van der Waals surface area contributed by atoms with E-state index in [1.807, 2.05) is 6.07 Å². The van der Waals surface area contributed by atoms with E-state index in [0.717, 1.165) is 9.13 Å². The molecule has 2 aromatic rings. The zero-order chi connectivity index (χ0) is 13.9. The van der Waals surface area contributed by atoms with Gasteiger partial charge < -0.3 is 5.73 Å². The summed E-state index contributed by atoms with van der Waals surface area (Å²) >= 11 is 2.13. The van der Waals surface area contributed by atoms with Gasteiger partial charge in [0, 0.05) is 15.8 Å². The molecule has 0 bridgehead atoms. The lowest BCUT2D eigenvalue weighted by atomic mass is 10.2. The number of rotatable bonds is 4. The summed E-state index contributed by atoms with van der Waals surface area (Å²) in [6.07, 6.45) is 0. The third-order valence-corrected chi connectivity index (χ3v) is 4.57. The Morgan fingerprint density at radius 1 is 1.11 bits per heavy atom. The minimum atomic E-state index is -3.57. The number of hydrogen-bond acceptors (Lipinski definition) is 3. The van der Waals surface area contributed by atoms with Crippen molar-refractivity contribution in [1.82, 2.24) is 0 Å². The molecule has 3 N–H and O–H groups in total. The lowest BCUT2D eigenvalue weighted by Gasteiger charge is -2.09. The van der Waals surface area contributed by atoms with Crippen molar-refractivity contribution in [2.75, 3.05) is 4.72 Å². The topological polar surface area (TPSA) is 72.2 Å². The van der Waals surface area contributed by atoms with Gasteiger partial charge in [-0.05, 0) is 58.5 Å². The molecule has 0 heterocycles. The Balaban J connectivity index is 2.32. The fourth-order valence-corrected chi connectivity index (χ4v) is 3.27. The minimum absolute atomic E-state index is 0.217. The third-order valence-electron chi connectivity index (χ3n) is 2.52. The number of hydrogen-bond donors (Lipinski definition) is 2. The molecule has 0 aromatic heterocycles. The van der Waals surface area contributed by atoms with Gasteiger partial charge in [0.1, 0.15) is 0 Å². The predicted molar refractivity (Wildman–Crippen MR) is 84.3 cm³/mol. The standard InChI is InChI=1S/C13H13IN2O2S/c14-11-4-2-5-12(8-11)16-19(17,18)13-6-1-3-10(7-13)9-15/h1-8,16H,9,15H2. The summed E-state index contributed by atoms with van der Waals surface area (Å²) in [5.74, 6) is 0. The Kier molecular flexibility index (Phi) is 4.43. The summed E-state index contributed by atoms with van der Waals surface area (Å²) in [7, 11) is -3.57. The molecule has 0 unspecified atom stereocenters. The first-order valence-electron chi connectivity index (χ1n) is 5.59. The van der Waals surface area contributed by atoms with Crippen molar-refractivity contribution in [3.8, 4) is 0 Å². The summed E-state index contributed by atoms with van der Waals surface area (Å²) in [6, 6.07) is 13.8. The zero-order valence-corrected chi connectivity index (χ0v) is 13.0. The highest BCUT2D eigenvalue weighted by Gasteiger charge is 2.14. The van der Waals surface area contributed by atoms with Crippen LogP contribution < -0.4 is 10.5 Å². The molecular formula is C13H13IN2O2S. The molecule has 19 heavy (non-hydrogen) atoms. The maximum atomic E-state index is 12.2. The molecule has 2 rings (SSSR count). The second-order valence-electron chi connectivity index (χ2n) is 3.97. The van der Waals surface area contributed by atoms with E-state index in [1.54, 1.807) is 42.5 Å². The van der Waals surface area contributed by atoms with E-state index < -0.39 is 10.0 Å². The first-order chi connectivity index (χ1) is 9.01. The molecule has 0 spiro atoms. The quantitative estimate of drug-likeness (QED) is 0.791. The van der Waals surface area contributed by atoms with Crippen LogP contribution in [0, 0.1) is 3.57 Å². The number of nitrogens with one attached hydrogen (secondary N) is 1. The summed E-state index contributed by atoms with van der Waals surface area (Å²) in [5.41, 5.74) is 6.85. The van der Waals surface area contributed by atoms with Gasteiger partial charge in [-0.2, -0.15) is 0 Å². The Labute approximate surface area is 126 Å². The van der Waals surface area contributed by atoms with E-state index in [1.165, 1.54) is 0 Å². The van der Waals surface area contributed by atoms with Gasteiger partial charge in [0.25, 0.3) is 10.0 Å². The molecule has 0 aliphatic heterocycles. The number of benzene rings is 2. The minimum Gasteiger partial charge on any atom is -0.326 e. The second kappa shape index (κ2) is 5.89. The van der Waals surface area contributed by atoms with E-state index in [-0.39, 0.29) is 4.90 Å². The molecule has 2 aromatic carbocycles. The van der Waals surface area contributed by atoms with Gasteiger partial charge in [-0.25, -0.2) is 8.42 Å². The van der Waals surface area contributed by atoms with Crippen molar-refractivity contribution in [1.29, 1.82) is 0 Å². The van der Waals surface area contributed by atoms with Crippen LogP contribution in [-0.2, 0) is 16.6 Å². The Bertz CT molecular complexity index is 687. The number of halogens is 1. The van der Waals surface area contributed by atoms with Crippen LogP contribution in [0.5, 0.6) is 0 Å². The van der Waals surface area contributed by atoms with Crippen molar-refractivity contribution in [3.05, 3.63) is 57.7 Å². The highest BCUT2D eigenvalue weighted by molar-refractivity contribution is 14.1. The first-order valence-corrected chi connectivity index (χ1v) is 8.15. The maximum absolute atomic E-state index is 12.2. The van der Waals surface area contributed by atoms with Crippen molar-refractivity contribution in [3.63, 3.8) is 0 Å². The van der Waals surface area contributed by atoms with Crippen LogP contribution in [0.1, 0.15) is 5.56 Å². The molecule has 0 aliphatic carbocycles. The average molecular weight is 388 g/mol. The fourth-order valence-electron chi connectivity index (χ4n) is 1.61. The van der Waals surface area contributed by atoms with Crippen molar-refractivity contribution in [2.24, 2.45) is 5.73 Å². The molecule has 100 valence electrons. The fraction of sp³-hybridized carbons (Fsp3) is 0.0769. The van der Waals surface area contributed by atoms with Gasteiger partial charge in [-0.1, -0.05) is 18.2 Å². The largest absolute Gasteiger partial charge is 0.326 e. The van der Waals surface area contributed by atoms with Gasteiger partial charge in [0.05, 0.1) is 4.90 Å². The van der Waals surface area contributed by atoms with E-state index >= 15 is 0 Å². The van der Waals surface area contributed by atoms with Crippen LogP contribution in [-0.4, -0.2) is 8.42 Å². The van der Waals surface area contributed by atoms with Crippen LogP contribution >= 0.6 is 22.6 Å². The average Bonchev–Trinajstić information content (AvgIpc) is 2.38. The number of nitrogens with two attached hydrogens (primary N) is 1. The third kappa shape index (κ3) is 3.68. The van der Waals surface area contributed by atoms with E-state index in [9.17, 15) is 8.42 Å². The Morgan fingerprint density at radius 3 is 2.53 bits per heavy atom. The van der Waals surface area contributed by atoms with Gasteiger partial charge in [-0.15, -0.1) is 0 Å². The molecule has 0 saturated carbocycles. The first kappa shape index (κ1) is 14.3. The second-order valence-corrected chi connectivity index (χ2v) is 6.90. The predicted octanol–water partition coefficient (Wildman–Crippen LogP) is 2.55. The highest BCUT2D eigenvalue weighted by Crippen LogP contribution is 2.18. The Morgan fingerprint density at radius 2 is 1.84 bits per heavy atom. The van der Waals surface area contributed by atoms with Crippen molar-refractivity contribution < 1.29 is 8.42 Å². The van der Waals surface area contributed by atoms with Crippen LogP contribution in [0.2, 0.25) is 0 Å². The van der Waals surface area contributed by atoms with E-state index in [2.05, 4.69) is 27.3 Å². The molecule has 4 nitrogen and oxygen atoms in total. The molecule has 0 saturated heterocycles. The van der Waals surface area contributed by atoms with Gasteiger partial charge in [0.2, 0.25) is 0 Å². The maximum Gasteiger partial charge on any atom is 0.261 e. The van der Waals surface area contributed by atoms with Crippen LogP contribution in [0.15, 0.2) is 53.4 Å². The highest BCUT2D eigenvalue weighted by atomic mass is 127. The summed E-state index contributed by atoms with van der Waals surface area (Å²) in [5, 5.41) is 0. The lowest BCUT2D eigenvalue weighted by molar-refractivity contribution is 0.601. The van der Waals surface area contributed by atoms with Gasteiger partial charge in [-0.3, -0.25) is 4.72 Å². The lowest BCUT2D eigenvalue weighted by Crippen LogP contribution is -2.13. The van der Waals surface area contributed by atoms with Crippen LogP contribution in [0.3, 0.4) is 0 Å². The van der Waals surface area contributed by atoms with Crippen molar-refractivity contribution >= 4 is 38.3 Å². The summed E-state index contributed by atoms with van der Waals surface area (Å²) in [6.45, 7) is 0.312. The molecule has 6 heteroatoms. The molecular weight excluding hydrogens is 375 g/mol. The van der Waals surface area contributed by atoms with Gasteiger partial charge in [0.15, 0.2) is 0 Å². The van der Waals surface area contributed by atoms with E-state index in [0.29, 0.717) is 12.2 Å². The van der Waals surface area contributed by atoms with Crippen molar-refractivity contribution in [2.45, 2.75) is 11.4 Å². The van der Waals surface area contributed by atoms with Gasteiger partial charge >= 0.3 is 0 Å². The number of sulfonamides is 1. The smallest absolute Gasteiger partial charge is 0.261 e. The zero-order valence-electron chi connectivity index (χ0n) is 10.0. The monoisotopic (exact) mass is 388 g/mol. The number of anilines is 1. The molecule has 0 aliphatic rings. The summed E-state index contributed by atoms with van der Waals surface area (Å²) < 4.78 is 28.0. The van der Waals surface area contributed by atoms with Crippen LogP contribution in [0.4, 0.5) is 5.69 Å². The molecule has 0 atom stereocenters. The Hall–Kier alpha value is -1.12. The molecule has 0 radical (unpaired) electrons.